The number of carbonyl (C=O) groups is 1. The highest BCUT2D eigenvalue weighted by Gasteiger charge is 2.24. The normalized spacial score (nSPS) is 22.4. The number of benzene rings is 1. The minimum absolute atomic E-state index is 0.0980. The van der Waals surface area contributed by atoms with Crippen LogP contribution in [0.1, 0.15) is 38.2 Å². The molecule has 1 N–H and O–H groups in total. The van der Waals surface area contributed by atoms with Gasteiger partial charge < -0.3 is 5.32 Å². The fourth-order valence-electron chi connectivity index (χ4n) is 2.67. The summed E-state index contributed by atoms with van der Waals surface area (Å²) in [5.74, 6) is 0.152. The molecule has 0 aliphatic heterocycles. The van der Waals surface area contributed by atoms with Crippen molar-refractivity contribution >= 4 is 23.6 Å². The Labute approximate surface area is 130 Å². The van der Waals surface area contributed by atoms with E-state index < -0.39 is 0 Å². The molecule has 21 heavy (non-hydrogen) atoms. The predicted molar refractivity (Wildman–Crippen MR) is 84.6 cm³/mol. The van der Waals surface area contributed by atoms with E-state index in [4.69, 9.17) is 11.6 Å². The highest BCUT2D eigenvalue weighted by Crippen LogP contribution is 2.24. The van der Waals surface area contributed by atoms with Crippen molar-refractivity contribution in [3.63, 3.8) is 0 Å². The quantitative estimate of drug-likeness (QED) is 0.679. The largest absolute Gasteiger partial charge is 0.348 e. The zero-order chi connectivity index (χ0) is 15.2. The van der Waals surface area contributed by atoms with Gasteiger partial charge in [0.15, 0.2) is 0 Å². The lowest BCUT2D eigenvalue weighted by Gasteiger charge is -2.29. The summed E-state index contributed by atoms with van der Waals surface area (Å²) in [5, 5.41) is 12.7. The molecule has 110 valence electrons. The average Bonchev–Trinajstić information content (AvgIpc) is 2.48. The van der Waals surface area contributed by atoms with E-state index >= 15 is 0 Å². The van der Waals surface area contributed by atoms with Crippen molar-refractivity contribution in [2.24, 2.45) is 5.92 Å². The van der Waals surface area contributed by atoms with Gasteiger partial charge >= 0.3 is 0 Å². The number of nitrogens with zero attached hydrogens (tertiary/aromatic N) is 1. The third-order valence-electron chi connectivity index (χ3n) is 4.00. The molecule has 0 unspecified atom stereocenters. The van der Waals surface area contributed by atoms with Gasteiger partial charge in [-0.25, -0.2) is 0 Å². The van der Waals surface area contributed by atoms with E-state index in [2.05, 4.69) is 12.2 Å². The number of nitriles is 1. The lowest BCUT2D eigenvalue weighted by Crippen LogP contribution is -2.41. The summed E-state index contributed by atoms with van der Waals surface area (Å²) in [6.07, 6.45) is 6.00. The molecule has 0 bridgehead atoms. The summed E-state index contributed by atoms with van der Waals surface area (Å²) in [4.78, 5) is 12.3. The van der Waals surface area contributed by atoms with Crippen LogP contribution in [0.5, 0.6) is 0 Å². The number of carbonyl (C=O) groups excluding carboxylic acids is 1. The maximum atomic E-state index is 12.3. The Morgan fingerprint density at radius 2 is 2.10 bits per heavy atom. The molecule has 1 fully saturated rings. The lowest BCUT2D eigenvalue weighted by atomic mass is 9.86. The predicted octanol–water partition coefficient (Wildman–Crippen LogP) is 3.94. The van der Waals surface area contributed by atoms with Gasteiger partial charge in [-0.1, -0.05) is 49.6 Å². The molecular weight excluding hydrogens is 284 g/mol. The third-order valence-corrected chi connectivity index (χ3v) is 4.34. The molecule has 1 aliphatic carbocycles. The number of nitrogens with one attached hydrogen (secondary N) is 1. The first-order chi connectivity index (χ1) is 10.1. The van der Waals surface area contributed by atoms with Gasteiger partial charge in [0.05, 0.1) is 0 Å². The fraction of sp³-hybridized carbons (Fsp3) is 0.412. The van der Waals surface area contributed by atoms with Crippen LogP contribution in [-0.4, -0.2) is 11.9 Å². The van der Waals surface area contributed by atoms with Crippen molar-refractivity contribution in [2.75, 3.05) is 0 Å². The summed E-state index contributed by atoms with van der Waals surface area (Å²) >= 11 is 6.06. The van der Waals surface area contributed by atoms with Crippen LogP contribution in [0.3, 0.4) is 0 Å². The molecular formula is C17H19ClN2O. The van der Waals surface area contributed by atoms with Gasteiger partial charge in [0.1, 0.15) is 11.6 Å². The smallest absolute Gasteiger partial charge is 0.262 e. The average molecular weight is 303 g/mol. The van der Waals surface area contributed by atoms with Crippen molar-refractivity contribution in [1.82, 2.24) is 5.32 Å². The zero-order valence-corrected chi connectivity index (χ0v) is 12.9. The monoisotopic (exact) mass is 302 g/mol. The van der Waals surface area contributed by atoms with Crippen molar-refractivity contribution in [3.8, 4) is 6.07 Å². The molecule has 2 rings (SSSR count). The zero-order valence-electron chi connectivity index (χ0n) is 12.1. The fourth-order valence-corrected chi connectivity index (χ4v) is 2.86. The second-order valence-corrected chi connectivity index (χ2v) is 5.94. The molecule has 1 aromatic rings. The minimum atomic E-state index is -0.309. The van der Waals surface area contributed by atoms with E-state index in [1.807, 2.05) is 18.2 Å². The number of hydrogen-bond donors (Lipinski definition) is 1. The molecule has 1 amide bonds. The Balaban J connectivity index is 2.12. The first-order valence-corrected chi connectivity index (χ1v) is 7.67. The van der Waals surface area contributed by atoms with Crippen LogP contribution < -0.4 is 5.32 Å². The highest BCUT2D eigenvalue weighted by molar-refractivity contribution is 6.32. The van der Waals surface area contributed by atoms with Crippen molar-refractivity contribution in [3.05, 3.63) is 40.4 Å². The Kier molecular flexibility index (Phi) is 5.41. The van der Waals surface area contributed by atoms with Gasteiger partial charge in [-0.2, -0.15) is 5.26 Å². The van der Waals surface area contributed by atoms with Gasteiger partial charge in [-0.3, -0.25) is 4.79 Å². The molecule has 0 radical (unpaired) electrons. The van der Waals surface area contributed by atoms with Crippen LogP contribution in [0.4, 0.5) is 0 Å². The summed E-state index contributed by atoms with van der Waals surface area (Å²) in [6, 6.07) is 9.30. The molecule has 0 heterocycles. The topological polar surface area (TPSA) is 52.9 Å². The minimum Gasteiger partial charge on any atom is -0.348 e. The van der Waals surface area contributed by atoms with Crippen molar-refractivity contribution in [1.29, 1.82) is 5.26 Å². The second-order valence-electron chi connectivity index (χ2n) is 5.53. The van der Waals surface area contributed by atoms with Crippen LogP contribution in [-0.2, 0) is 4.79 Å². The molecule has 4 heteroatoms. The van der Waals surface area contributed by atoms with E-state index in [1.54, 1.807) is 18.2 Å². The summed E-state index contributed by atoms with van der Waals surface area (Å²) in [7, 11) is 0. The van der Waals surface area contributed by atoms with Gasteiger partial charge in [0, 0.05) is 11.1 Å². The molecule has 1 saturated carbocycles. The van der Waals surface area contributed by atoms with Gasteiger partial charge in [-0.05, 0) is 36.5 Å². The SMILES string of the molecule is C[C@@H]1CCCC[C@H]1NC(=O)/C(C#N)=C/c1ccccc1Cl. The Morgan fingerprint density at radius 3 is 2.76 bits per heavy atom. The van der Waals surface area contributed by atoms with Crippen LogP contribution >= 0.6 is 11.6 Å². The van der Waals surface area contributed by atoms with E-state index in [9.17, 15) is 10.1 Å². The van der Waals surface area contributed by atoms with Gasteiger partial charge in [0.2, 0.25) is 0 Å². The standard InChI is InChI=1S/C17H19ClN2O/c1-12-6-2-5-9-16(12)20-17(21)14(11-19)10-13-7-3-4-8-15(13)18/h3-4,7-8,10,12,16H,2,5-6,9H2,1H3,(H,20,21)/b14-10+/t12-,16-/m1/s1. The van der Waals surface area contributed by atoms with Gasteiger partial charge in [-0.15, -0.1) is 0 Å². The molecule has 2 atom stereocenters. The van der Waals surface area contributed by atoms with Crippen LogP contribution in [0, 0.1) is 17.2 Å². The Hall–Kier alpha value is -1.79. The number of rotatable bonds is 3. The highest BCUT2D eigenvalue weighted by atomic mass is 35.5. The van der Waals surface area contributed by atoms with Gasteiger partial charge in [0.25, 0.3) is 5.91 Å². The Bertz CT molecular complexity index is 589. The summed E-state index contributed by atoms with van der Waals surface area (Å²) in [5.41, 5.74) is 0.781. The van der Waals surface area contributed by atoms with Crippen LogP contribution in [0.25, 0.3) is 6.08 Å². The third kappa shape index (κ3) is 4.09. The molecule has 0 saturated heterocycles. The van der Waals surface area contributed by atoms with E-state index in [-0.39, 0.29) is 17.5 Å². The van der Waals surface area contributed by atoms with Crippen LogP contribution in [0.2, 0.25) is 5.02 Å². The summed E-state index contributed by atoms with van der Waals surface area (Å²) < 4.78 is 0. The van der Waals surface area contributed by atoms with Crippen LogP contribution in [0.15, 0.2) is 29.8 Å². The lowest BCUT2D eigenvalue weighted by molar-refractivity contribution is -0.118. The maximum absolute atomic E-state index is 12.3. The molecule has 0 spiro atoms. The number of amides is 1. The second kappa shape index (κ2) is 7.28. The first-order valence-electron chi connectivity index (χ1n) is 7.29. The summed E-state index contributed by atoms with van der Waals surface area (Å²) in [6.45, 7) is 2.15. The molecule has 1 aliphatic rings. The number of halogens is 1. The Morgan fingerprint density at radius 1 is 1.38 bits per heavy atom. The first kappa shape index (κ1) is 15.6. The maximum Gasteiger partial charge on any atom is 0.262 e. The number of hydrogen-bond acceptors (Lipinski definition) is 2. The van der Waals surface area contributed by atoms with Crippen molar-refractivity contribution in [2.45, 2.75) is 38.6 Å². The van der Waals surface area contributed by atoms with Crippen molar-refractivity contribution < 1.29 is 4.79 Å². The van der Waals surface area contributed by atoms with E-state index in [1.165, 1.54) is 6.42 Å². The molecule has 3 nitrogen and oxygen atoms in total. The van der Waals surface area contributed by atoms with E-state index in [0.29, 0.717) is 16.5 Å². The van der Waals surface area contributed by atoms with E-state index in [0.717, 1.165) is 19.3 Å². The molecule has 0 aromatic heterocycles. The molecule has 1 aromatic carbocycles.